The maximum absolute atomic E-state index is 13.5. The van der Waals surface area contributed by atoms with Crippen molar-refractivity contribution in [1.82, 2.24) is 9.88 Å². The van der Waals surface area contributed by atoms with Gasteiger partial charge in [-0.05, 0) is 112 Å². The largest absolute Gasteiger partial charge is 0.462 e. The summed E-state index contributed by atoms with van der Waals surface area (Å²) in [6.45, 7) is 9.81. The van der Waals surface area contributed by atoms with E-state index in [2.05, 4.69) is 5.32 Å². The van der Waals surface area contributed by atoms with Gasteiger partial charge in [0, 0.05) is 17.1 Å². The zero-order valence-electron chi connectivity index (χ0n) is 20.8. The number of aromatic nitrogens is 1. The van der Waals surface area contributed by atoms with Crippen LogP contribution in [0.15, 0.2) is 54.1 Å². The molecule has 1 aliphatic rings. The van der Waals surface area contributed by atoms with Gasteiger partial charge in [-0.2, -0.15) is 0 Å². The van der Waals surface area contributed by atoms with Gasteiger partial charge in [0.1, 0.15) is 5.57 Å². The predicted octanol–water partition coefficient (Wildman–Crippen LogP) is 4.72. The third-order valence-electron chi connectivity index (χ3n) is 5.97. The molecule has 0 atom stereocenters. The topological polar surface area (TPSA) is 80.6 Å². The number of esters is 1. The van der Waals surface area contributed by atoms with Gasteiger partial charge in [0.15, 0.2) is 5.11 Å². The van der Waals surface area contributed by atoms with Gasteiger partial charge in [-0.3, -0.25) is 19.8 Å². The summed E-state index contributed by atoms with van der Waals surface area (Å²) in [5.41, 5.74) is 6.39. The Bertz CT molecular complexity index is 1410. The van der Waals surface area contributed by atoms with Crippen LogP contribution in [-0.2, 0) is 14.3 Å². The quantitative estimate of drug-likeness (QED) is 0.237. The van der Waals surface area contributed by atoms with E-state index >= 15 is 0 Å². The second-order valence-corrected chi connectivity index (χ2v) is 9.12. The van der Waals surface area contributed by atoms with Crippen LogP contribution in [0.2, 0.25) is 0 Å². The van der Waals surface area contributed by atoms with Crippen LogP contribution >= 0.6 is 12.2 Å². The van der Waals surface area contributed by atoms with E-state index in [1.165, 1.54) is 4.90 Å². The number of nitrogens with zero attached hydrogens (tertiary/aromatic N) is 2. The normalized spacial score (nSPS) is 14.9. The fourth-order valence-electron chi connectivity index (χ4n) is 4.42. The van der Waals surface area contributed by atoms with Crippen LogP contribution in [0.25, 0.3) is 11.8 Å². The summed E-state index contributed by atoms with van der Waals surface area (Å²) in [5.74, 6) is -1.38. The second-order valence-electron chi connectivity index (χ2n) is 8.73. The number of nitrogens with one attached hydrogen (secondary N) is 1. The number of thiocarbonyl (C=S) groups is 1. The Morgan fingerprint density at radius 3 is 2.22 bits per heavy atom. The highest BCUT2D eigenvalue weighted by atomic mass is 32.1. The molecule has 2 aromatic carbocycles. The first-order valence-corrected chi connectivity index (χ1v) is 12.0. The zero-order valence-corrected chi connectivity index (χ0v) is 21.7. The third-order valence-corrected chi connectivity index (χ3v) is 6.26. The maximum atomic E-state index is 13.5. The summed E-state index contributed by atoms with van der Waals surface area (Å²) in [6.07, 6.45) is 1.60. The molecule has 0 bridgehead atoms. The van der Waals surface area contributed by atoms with Crippen molar-refractivity contribution >= 4 is 46.9 Å². The molecule has 0 saturated carbocycles. The molecule has 0 spiro atoms. The Morgan fingerprint density at radius 1 is 0.972 bits per heavy atom. The number of benzene rings is 2. The first-order chi connectivity index (χ1) is 17.1. The van der Waals surface area contributed by atoms with Gasteiger partial charge in [-0.1, -0.05) is 6.07 Å². The molecule has 1 saturated heterocycles. The van der Waals surface area contributed by atoms with E-state index < -0.39 is 11.8 Å². The first-order valence-electron chi connectivity index (χ1n) is 11.6. The summed E-state index contributed by atoms with van der Waals surface area (Å²) < 4.78 is 7.05. The molecule has 2 amide bonds. The van der Waals surface area contributed by atoms with Crippen molar-refractivity contribution in [3.8, 4) is 5.69 Å². The Kier molecular flexibility index (Phi) is 6.90. The lowest BCUT2D eigenvalue weighted by Gasteiger charge is -2.29. The number of carbonyl (C=O) groups excluding carboxylic acids is 3. The highest BCUT2D eigenvalue weighted by molar-refractivity contribution is 7.80. The molecular weight excluding hydrogens is 474 g/mol. The highest BCUT2D eigenvalue weighted by Crippen LogP contribution is 2.27. The summed E-state index contributed by atoms with van der Waals surface area (Å²) in [5, 5.41) is 2.70. The van der Waals surface area contributed by atoms with E-state index in [1.54, 1.807) is 25.1 Å². The van der Waals surface area contributed by atoms with Crippen molar-refractivity contribution in [3.63, 3.8) is 0 Å². The molecule has 2 heterocycles. The number of ether oxygens (including phenoxy) is 1. The summed E-state index contributed by atoms with van der Waals surface area (Å²) in [6, 6.07) is 14.7. The van der Waals surface area contributed by atoms with Crippen LogP contribution in [0.4, 0.5) is 5.69 Å². The third kappa shape index (κ3) is 4.72. The molecule has 0 unspecified atom stereocenters. The van der Waals surface area contributed by atoms with E-state index in [0.29, 0.717) is 17.9 Å². The van der Waals surface area contributed by atoms with Crippen LogP contribution in [0, 0.1) is 27.7 Å². The number of aryl methyl sites for hydroxylation is 3. The van der Waals surface area contributed by atoms with E-state index in [1.807, 2.05) is 68.7 Å². The molecule has 8 heteroatoms. The Hall–Kier alpha value is -4.04. The Labute approximate surface area is 215 Å². The van der Waals surface area contributed by atoms with E-state index in [4.69, 9.17) is 17.0 Å². The van der Waals surface area contributed by atoms with Gasteiger partial charge in [0.25, 0.3) is 11.8 Å². The lowest BCUT2D eigenvalue weighted by atomic mass is 10.1. The van der Waals surface area contributed by atoms with Crippen LogP contribution < -0.4 is 10.2 Å². The van der Waals surface area contributed by atoms with E-state index in [0.717, 1.165) is 33.8 Å². The smallest absolute Gasteiger partial charge is 0.338 e. The van der Waals surface area contributed by atoms with Gasteiger partial charge in [0.2, 0.25) is 0 Å². The average molecular weight is 502 g/mol. The number of hydrogen-bond donors (Lipinski definition) is 1. The van der Waals surface area contributed by atoms with Gasteiger partial charge >= 0.3 is 5.97 Å². The highest BCUT2D eigenvalue weighted by Gasteiger charge is 2.35. The molecular formula is C28H27N3O4S. The SMILES string of the molecule is CCOC(=O)c1ccc(-n2c(C)cc(/C=C3/C(=O)NC(=S)N(c4cc(C)cc(C)c4)C3=O)c2C)cc1. The number of anilines is 1. The average Bonchev–Trinajstić information content (AvgIpc) is 3.08. The molecule has 4 rings (SSSR count). The maximum Gasteiger partial charge on any atom is 0.338 e. The van der Waals surface area contributed by atoms with Crippen LogP contribution in [0.3, 0.4) is 0 Å². The van der Waals surface area contributed by atoms with Crippen molar-refractivity contribution in [2.75, 3.05) is 11.5 Å². The lowest BCUT2D eigenvalue weighted by molar-refractivity contribution is -0.122. The van der Waals surface area contributed by atoms with Crippen LogP contribution in [0.5, 0.6) is 0 Å². The summed E-state index contributed by atoms with van der Waals surface area (Å²) >= 11 is 5.34. The fourth-order valence-corrected chi connectivity index (χ4v) is 4.70. The molecule has 7 nitrogen and oxygen atoms in total. The van der Waals surface area contributed by atoms with E-state index in [-0.39, 0.29) is 16.7 Å². The second kappa shape index (κ2) is 9.91. The first kappa shape index (κ1) is 25.1. The van der Waals surface area contributed by atoms with Crippen LogP contribution in [-0.4, -0.2) is 34.1 Å². The van der Waals surface area contributed by atoms with Gasteiger partial charge in [0.05, 0.1) is 17.9 Å². The molecule has 36 heavy (non-hydrogen) atoms. The molecule has 0 radical (unpaired) electrons. The number of amides is 2. The Balaban J connectivity index is 1.71. The van der Waals surface area contributed by atoms with Crippen molar-refractivity contribution in [2.45, 2.75) is 34.6 Å². The van der Waals surface area contributed by atoms with Gasteiger partial charge < -0.3 is 9.30 Å². The Morgan fingerprint density at radius 2 is 1.61 bits per heavy atom. The van der Waals surface area contributed by atoms with Crippen molar-refractivity contribution in [1.29, 1.82) is 0 Å². The minimum atomic E-state index is -0.533. The molecule has 1 aliphatic heterocycles. The number of hydrogen-bond acceptors (Lipinski definition) is 5. The minimum absolute atomic E-state index is 0.000619. The van der Waals surface area contributed by atoms with Gasteiger partial charge in [-0.25, -0.2) is 4.79 Å². The molecule has 184 valence electrons. The van der Waals surface area contributed by atoms with Crippen molar-refractivity contribution in [3.05, 3.63) is 87.7 Å². The standard InChI is InChI=1S/C28H27N3O4S/c1-6-35-27(34)20-7-9-22(10-8-20)30-18(4)14-21(19(30)5)15-24-25(32)29-28(36)31(26(24)33)23-12-16(2)11-17(3)13-23/h7-15H,6H2,1-5H3,(H,29,32,36)/b24-15-. The predicted molar refractivity (Wildman–Crippen MR) is 143 cm³/mol. The molecule has 1 fully saturated rings. The fraction of sp³-hybridized carbons (Fsp3) is 0.214. The molecule has 0 aliphatic carbocycles. The zero-order chi connectivity index (χ0) is 26.1. The minimum Gasteiger partial charge on any atom is -0.462 e. The molecule has 3 aromatic rings. The van der Waals surface area contributed by atoms with Gasteiger partial charge in [-0.15, -0.1) is 0 Å². The lowest BCUT2D eigenvalue weighted by Crippen LogP contribution is -2.54. The molecule has 1 N–H and O–H groups in total. The van der Waals surface area contributed by atoms with E-state index in [9.17, 15) is 14.4 Å². The monoisotopic (exact) mass is 501 g/mol. The van der Waals surface area contributed by atoms with Crippen LogP contribution in [0.1, 0.15) is 45.4 Å². The number of rotatable bonds is 5. The number of carbonyl (C=O) groups is 3. The van der Waals surface area contributed by atoms with Crippen molar-refractivity contribution in [2.24, 2.45) is 0 Å². The molecule has 1 aromatic heterocycles. The summed E-state index contributed by atoms with van der Waals surface area (Å²) in [7, 11) is 0. The summed E-state index contributed by atoms with van der Waals surface area (Å²) in [4.78, 5) is 39.6. The van der Waals surface area contributed by atoms with Crippen molar-refractivity contribution < 1.29 is 19.1 Å².